The van der Waals surface area contributed by atoms with E-state index in [9.17, 15) is 9.59 Å². The van der Waals surface area contributed by atoms with Gasteiger partial charge in [-0.25, -0.2) is 0 Å². The maximum absolute atomic E-state index is 12.5. The minimum Gasteiger partial charge on any atom is -0.497 e. The fourth-order valence-electron chi connectivity index (χ4n) is 3.59. The van der Waals surface area contributed by atoms with Crippen molar-refractivity contribution in [2.45, 2.75) is 37.8 Å². The number of ether oxygens (including phenoxy) is 2. The molecule has 0 saturated heterocycles. The van der Waals surface area contributed by atoms with E-state index in [0.717, 1.165) is 5.69 Å². The lowest BCUT2D eigenvalue weighted by molar-refractivity contribution is -0.127. The Balaban J connectivity index is 1.49. The van der Waals surface area contributed by atoms with Crippen LogP contribution in [-0.2, 0) is 16.0 Å². The summed E-state index contributed by atoms with van der Waals surface area (Å²) in [7, 11) is 3.20. The third-order valence-electron chi connectivity index (χ3n) is 5.28. The number of methoxy groups -OCH3 is 2. The van der Waals surface area contributed by atoms with Crippen LogP contribution in [0.15, 0.2) is 30.5 Å². The van der Waals surface area contributed by atoms with Crippen molar-refractivity contribution in [3.8, 4) is 5.75 Å². The summed E-state index contributed by atoms with van der Waals surface area (Å²) in [6, 6.07) is 6.83. The molecule has 1 heterocycles. The molecule has 2 aromatic rings. The minimum absolute atomic E-state index is 0.00970. The highest BCUT2D eigenvalue weighted by Crippen LogP contribution is 2.27. The van der Waals surface area contributed by atoms with Crippen LogP contribution in [0, 0.1) is 5.92 Å². The fourth-order valence-corrected chi connectivity index (χ4v) is 3.59. The topological polar surface area (TPSA) is 118 Å². The second kappa shape index (κ2) is 10.0. The molecule has 1 aliphatic rings. The molecule has 3 atom stereocenters. The molecule has 1 aromatic carbocycles. The molecule has 0 unspecified atom stereocenters. The largest absolute Gasteiger partial charge is 0.497 e. The van der Waals surface area contributed by atoms with Crippen LogP contribution in [0.5, 0.6) is 5.75 Å². The standard InChI is InChI=1S/C20H27N5O4/c1-28-16-6-3-13(4-7-16)20(27)23-17-8-5-14(11-18(17)29-2)19(26)21-10-9-15-12-22-25-24-15/h3-4,6-7,12,14,17-18H,5,8-11H2,1-2H3,(H,21,26)(H,23,27)(H,22,24,25)/t14-,17-,18-/m0/s1. The number of nitrogens with zero attached hydrogens (tertiary/aromatic N) is 2. The quantitative estimate of drug-likeness (QED) is 0.609. The smallest absolute Gasteiger partial charge is 0.251 e. The first-order chi connectivity index (χ1) is 14.1. The van der Waals surface area contributed by atoms with Gasteiger partial charge in [0.25, 0.3) is 5.91 Å². The number of aromatic nitrogens is 3. The van der Waals surface area contributed by atoms with Crippen molar-refractivity contribution in [2.24, 2.45) is 5.92 Å². The molecule has 3 rings (SSSR count). The van der Waals surface area contributed by atoms with Crippen LogP contribution in [0.2, 0.25) is 0 Å². The number of H-pyrrole nitrogens is 1. The van der Waals surface area contributed by atoms with Gasteiger partial charge < -0.3 is 20.1 Å². The van der Waals surface area contributed by atoms with Crippen molar-refractivity contribution < 1.29 is 19.1 Å². The Hall–Kier alpha value is -2.94. The SMILES string of the molecule is COc1ccc(C(=O)N[C@H]2CC[C@H](C(=O)NCCc3cn[nH]n3)C[C@@H]2OC)cc1. The fraction of sp³-hybridized carbons (Fsp3) is 0.500. The molecule has 1 aromatic heterocycles. The third kappa shape index (κ3) is 5.54. The van der Waals surface area contributed by atoms with Gasteiger partial charge in [0.2, 0.25) is 5.91 Å². The minimum atomic E-state index is -0.211. The van der Waals surface area contributed by atoms with Gasteiger partial charge in [-0.1, -0.05) is 0 Å². The number of amides is 2. The van der Waals surface area contributed by atoms with Crippen LogP contribution in [0.25, 0.3) is 0 Å². The third-order valence-corrected chi connectivity index (χ3v) is 5.28. The zero-order chi connectivity index (χ0) is 20.6. The van der Waals surface area contributed by atoms with Crippen molar-refractivity contribution in [3.63, 3.8) is 0 Å². The van der Waals surface area contributed by atoms with Crippen molar-refractivity contribution >= 4 is 11.8 Å². The first kappa shape index (κ1) is 20.8. The molecule has 156 valence electrons. The molecule has 0 radical (unpaired) electrons. The highest BCUT2D eigenvalue weighted by Gasteiger charge is 2.34. The van der Waals surface area contributed by atoms with Crippen LogP contribution < -0.4 is 15.4 Å². The van der Waals surface area contributed by atoms with E-state index in [4.69, 9.17) is 9.47 Å². The Morgan fingerprint density at radius 3 is 2.66 bits per heavy atom. The summed E-state index contributed by atoms with van der Waals surface area (Å²) in [6.07, 6.45) is 4.01. The van der Waals surface area contributed by atoms with Gasteiger partial charge in [-0.15, -0.1) is 0 Å². The summed E-state index contributed by atoms with van der Waals surface area (Å²) in [5, 5.41) is 16.3. The van der Waals surface area contributed by atoms with Crippen molar-refractivity contribution in [2.75, 3.05) is 20.8 Å². The predicted octanol–water partition coefficient (Wildman–Crippen LogP) is 1.09. The van der Waals surface area contributed by atoms with Crippen LogP contribution in [0.3, 0.4) is 0 Å². The summed E-state index contributed by atoms with van der Waals surface area (Å²) in [6.45, 7) is 0.511. The summed E-state index contributed by atoms with van der Waals surface area (Å²) in [5.74, 6) is 0.420. The Bertz CT molecular complexity index is 794. The first-order valence-corrected chi connectivity index (χ1v) is 9.70. The highest BCUT2D eigenvalue weighted by molar-refractivity contribution is 5.94. The van der Waals surface area contributed by atoms with Crippen LogP contribution in [-0.4, -0.2) is 60.1 Å². The zero-order valence-corrected chi connectivity index (χ0v) is 16.7. The second-order valence-electron chi connectivity index (χ2n) is 7.09. The molecule has 0 bridgehead atoms. The van der Waals surface area contributed by atoms with Gasteiger partial charge in [-0.2, -0.15) is 15.4 Å². The number of rotatable bonds is 8. The van der Waals surface area contributed by atoms with E-state index in [0.29, 0.717) is 43.5 Å². The highest BCUT2D eigenvalue weighted by atomic mass is 16.5. The van der Waals surface area contributed by atoms with E-state index in [1.54, 1.807) is 44.7 Å². The Morgan fingerprint density at radius 2 is 2.00 bits per heavy atom. The van der Waals surface area contributed by atoms with Gasteiger partial charge in [0.05, 0.1) is 31.1 Å². The number of carbonyl (C=O) groups is 2. The van der Waals surface area contributed by atoms with Crippen LogP contribution in [0.4, 0.5) is 0 Å². The van der Waals surface area contributed by atoms with Crippen molar-refractivity contribution in [1.29, 1.82) is 0 Å². The summed E-state index contributed by atoms with van der Waals surface area (Å²) >= 11 is 0. The van der Waals surface area contributed by atoms with Crippen LogP contribution in [0.1, 0.15) is 35.3 Å². The number of hydrogen-bond acceptors (Lipinski definition) is 6. The van der Waals surface area contributed by atoms with Gasteiger partial charge in [-0.05, 0) is 43.5 Å². The van der Waals surface area contributed by atoms with E-state index >= 15 is 0 Å². The molecular weight excluding hydrogens is 374 g/mol. The van der Waals surface area contributed by atoms with Gasteiger partial charge in [-0.3, -0.25) is 9.59 Å². The van der Waals surface area contributed by atoms with E-state index in [1.165, 1.54) is 0 Å². The number of aromatic amines is 1. The maximum Gasteiger partial charge on any atom is 0.251 e. The molecule has 1 fully saturated rings. The normalized spacial score (nSPS) is 21.4. The number of hydrogen-bond donors (Lipinski definition) is 3. The van der Waals surface area contributed by atoms with E-state index in [-0.39, 0.29) is 29.9 Å². The molecular formula is C20H27N5O4. The summed E-state index contributed by atoms with van der Waals surface area (Å²) < 4.78 is 10.7. The molecule has 2 amide bonds. The second-order valence-corrected chi connectivity index (χ2v) is 7.09. The monoisotopic (exact) mass is 401 g/mol. The zero-order valence-electron chi connectivity index (χ0n) is 16.7. The van der Waals surface area contributed by atoms with Gasteiger partial charge in [0.15, 0.2) is 0 Å². The Kier molecular flexibility index (Phi) is 7.18. The van der Waals surface area contributed by atoms with Crippen LogP contribution >= 0.6 is 0 Å². The van der Waals surface area contributed by atoms with Gasteiger partial charge >= 0.3 is 0 Å². The molecule has 1 aliphatic carbocycles. The van der Waals surface area contributed by atoms with E-state index in [1.807, 2.05) is 0 Å². The number of nitrogens with one attached hydrogen (secondary N) is 3. The number of benzene rings is 1. The number of carbonyl (C=O) groups excluding carboxylic acids is 2. The molecule has 29 heavy (non-hydrogen) atoms. The first-order valence-electron chi connectivity index (χ1n) is 9.70. The van der Waals surface area contributed by atoms with E-state index < -0.39 is 0 Å². The molecule has 1 saturated carbocycles. The van der Waals surface area contributed by atoms with Gasteiger partial charge in [0, 0.05) is 31.6 Å². The molecule has 9 heteroatoms. The lowest BCUT2D eigenvalue weighted by Crippen LogP contribution is -2.49. The molecule has 3 N–H and O–H groups in total. The Labute approximate surface area is 169 Å². The van der Waals surface area contributed by atoms with Crippen molar-refractivity contribution in [1.82, 2.24) is 26.0 Å². The van der Waals surface area contributed by atoms with E-state index in [2.05, 4.69) is 26.0 Å². The molecule has 0 aliphatic heterocycles. The summed E-state index contributed by atoms with van der Waals surface area (Å²) in [5.41, 5.74) is 1.37. The average Bonchev–Trinajstić information content (AvgIpc) is 3.27. The van der Waals surface area contributed by atoms with Gasteiger partial charge in [0.1, 0.15) is 5.75 Å². The Morgan fingerprint density at radius 1 is 1.21 bits per heavy atom. The maximum atomic E-state index is 12.5. The summed E-state index contributed by atoms with van der Waals surface area (Å²) in [4.78, 5) is 25.0. The molecule has 0 spiro atoms. The molecule has 9 nitrogen and oxygen atoms in total. The lowest BCUT2D eigenvalue weighted by atomic mass is 9.83. The average molecular weight is 401 g/mol. The lowest BCUT2D eigenvalue weighted by Gasteiger charge is -2.35. The van der Waals surface area contributed by atoms with Crippen molar-refractivity contribution in [3.05, 3.63) is 41.7 Å². The predicted molar refractivity (Wildman–Crippen MR) is 105 cm³/mol.